The summed E-state index contributed by atoms with van der Waals surface area (Å²) in [5, 5.41) is 11.3. The summed E-state index contributed by atoms with van der Waals surface area (Å²) in [5.41, 5.74) is 11.5. The number of hydrogen-bond acceptors (Lipinski definition) is 4. The first-order valence-electron chi connectivity index (χ1n) is 22.0. The highest BCUT2D eigenvalue weighted by molar-refractivity contribution is 6.29. The fourth-order valence-corrected chi connectivity index (χ4v) is 10.2. The van der Waals surface area contributed by atoms with Gasteiger partial charge in [-0.25, -0.2) is 15.0 Å². The third-order valence-electron chi connectivity index (χ3n) is 12.9. The number of hydrogen-bond donors (Lipinski definition) is 0. The summed E-state index contributed by atoms with van der Waals surface area (Å²) in [6.07, 6.45) is 0. The minimum Gasteiger partial charge on any atom is -0.456 e. The van der Waals surface area contributed by atoms with Gasteiger partial charge in [-0.3, -0.25) is 0 Å². The van der Waals surface area contributed by atoms with Gasteiger partial charge in [-0.15, -0.1) is 0 Å². The van der Waals surface area contributed by atoms with Crippen molar-refractivity contribution in [3.63, 3.8) is 0 Å². The summed E-state index contributed by atoms with van der Waals surface area (Å²) in [4.78, 5) is 15.6. The second-order valence-corrected chi connectivity index (χ2v) is 16.5. The Morgan fingerprint density at radius 2 is 0.538 bits per heavy atom. The molecular formula is C61H37N3O. The molecule has 4 heteroatoms. The maximum atomic E-state index is 6.89. The minimum atomic E-state index is 0.628. The molecule has 11 aromatic carbocycles. The van der Waals surface area contributed by atoms with Gasteiger partial charge in [-0.05, 0) is 88.6 Å². The lowest BCUT2D eigenvalue weighted by Gasteiger charge is -2.19. The fraction of sp³-hybridized carbons (Fsp3) is 0. The number of furan rings is 1. The predicted octanol–water partition coefficient (Wildman–Crippen LogP) is 16.4. The molecule has 0 fully saturated rings. The molecule has 0 saturated carbocycles. The van der Waals surface area contributed by atoms with Gasteiger partial charge < -0.3 is 4.42 Å². The first-order valence-corrected chi connectivity index (χ1v) is 22.0. The zero-order valence-corrected chi connectivity index (χ0v) is 35.1. The van der Waals surface area contributed by atoms with Crippen LogP contribution in [0.2, 0.25) is 0 Å². The topological polar surface area (TPSA) is 51.8 Å². The third-order valence-corrected chi connectivity index (χ3v) is 12.9. The first kappa shape index (κ1) is 36.9. The molecule has 0 amide bonds. The van der Waals surface area contributed by atoms with Gasteiger partial charge in [-0.2, -0.15) is 0 Å². The monoisotopic (exact) mass is 827 g/mol. The molecule has 0 aliphatic heterocycles. The van der Waals surface area contributed by atoms with E-state index >= 15 is 0 Å². The lowest BCUT2D eigenvalue weighted by atomic mass is 9.83. The normalized spacial score (nSPS) is 11.7. The van der Waals surface area contributed by atoms with Crippen molar-refractivity contribution in [2.75, 3.05) is 0 Å². The number of aromatic nitrogens is 3. The van der Waals surface area contributed by atoms with Crippen molar-refractivity contribution in [2.24, 2.45) is 0 Å². The predicted molar refractivity (Wildman–Crippen MR) is 270 cm³/mol. The molecule has 2 aromatic heterocycles. The Hall–Kier alpha value is -8.73. The van der Waals surface area contributed by atoms with Crippen molar-refractivity contribution in [3.05, 3.63) is 224 Å². The van der Waals surface area contributed by atoms with E-state index in [4.69, 9.17) is 19.4 Å². The van der Waals surface area contributed by atoms with Gasteiger partial charge in [0.05, 0.1) is 0 Å². The van der Waals surface area contributed by atoms with Crippen LogP contribution in [-0.4, -0.2) is 15.0 Å². The number of fused-ring (bicyclic) bond motifs is 7. The third kappa shape index (κ3) is 5.88. The van der Waals surface area contributed by atoms with E-state index < -0.39 is 0 Å². The van der Waals surface area contributed by atoms with E-state index in [-0.39, 0.29) is 0 Å². The average Bonchev–Trinajstić information content (AvgIpc) is 3.78. The summed E-state index contributed by atoms with van der Waals surface area (Å²) in [6, 6.07) is 79.3. The first-order chi connectivity index (χ1) is 32.3. The van der Waals surface area contributed by atoms with Crippen LogP contribution < -0.4 is 0 Å². The molecule has 0 spiro atoms. The van der Waals surface area contributed by atoms with E-state index in [9.17, 15) is 0 Å². The SMILES string of the molecule is c1ccc(-c2nc(-c3ccccc3)nc(-c3c4ccccc4c(-c4cccc5oc6cccc(-c7c8ccccc8c(-c8ccccc8)c8ccccc78)c6c45)c4ccccc34)n2)cc1. The molecule has 0 aliphatic rings. The highest BCUT2D eigenvalue weighted by atomic mass is 16.3. The highest BCUT2D eigenvalue weighted by Crippen LogP contribution is 2.51. The van der Waals surface area contributed by atoms with Crippen LogP contribution in [0.5, 0.6) is 0 Å². The number of benzene rings is 11. The van der Waals surface area contributed by atoms with Gasteiger partial charge in [0, 0.05) is 27.5 Å². The molecule has 0 unspecified atom stereocenters. The lowest BCUT2D eigenvalue weighted by Crippen LogP contribution is -2.01. The van der Waals surface area contributed by atoms with Gasteiger partial charge in [0.15, 0.2) is 17.5 Å². The van der Waals surface area contributed by atoms with Gasteiger partial charge in [0.25, 0.3) is 0 Å². The Kier molecular flexibility index (Phi) is 8.50. The molecule has 2 heterocycles. The van der Waals surface area contributed by atoms with E-state index in [1.165, 1.54) is 38.2 Å². The van der Waals surface area contributed by atoms with Crippen molar-refractivity contribution in [1.82, 2.24) is 15.0 Å². The molecule has 0 atom stereocenters. The van der Waals surface area contributed by atoms with Crippen LogP contribution in [0.25, 0.3) is 133 Å². The van der Waals surface area contributed by atoms with Crippen molar-refractivity contribution < 1.29 is 4.42 Å². The van der Waals surface area contributed by atoms with Crippen molar-refractivity contribution in [1.29, 1.82) is 0 Å². The van der Waals surface area contributed by atoms with Crippen LogP contribution in [0, 0.1) is 0 Å². The van der Waals surface area contributed by atoms with E-state index in [0.717, 1.165) is 76.9 Å². The summed E-state index contributed by atoms with van der Waals surface area (Å²) < 4.78 is 6.89. The van der Waals surface area contributed by atoms with Gasteiger partial charge >= 0.3 is 0 Å². The lowest BCUT2D eigenvalue weighted by molar-refractivity contribution is 0.669. The van der Waals surface area contributed by atoms with Crippen LogP contribution in [-0.2, 0) is 0 Å². The Bertz CT molecular complexity index is 3820. The van der Waals surface area contributed by atoms with E-state index in [2.05, 4.69) is 188 Å². The summed E-state index contributed by atoms with van der Waals surface area (Å²) in [5.74, 6) is 1.89. The molecule has 0 saturated heterocycles. The Balaban J connectivity index is 1.12. The zero-order chi connectivity index (χ0) is 42.8. The molecule has 0 bridgehead atoms. The number of nitrogens with zero attached hydrogens (tertiary/aromatic N) is 3. The average molecular weight is 828 g/mol. The van der Waals surface area contributed by atoms with Crippen LogP contribution >= 0.6 is 0 Å². The highest BCUT2D eigenvalue weighted by Gasteiger charge is 2.25. The molecule has 65 heavy (non-hydrogen) atoms. The fourth-order valence-electron chi connectivity index (χ4n) is 10.2. The number of rotatable bonds is 6. The molecule has 13 aromatic rings. The molecule has 0 radical (unpaired) electrons. The second-order valence-electron chi connectivity index (χ2n) is 16.5. The van der Waals surface area contributed by atoms with Gasteiger partial charge in [0.2, 0.25) is 0 Å². The molecule has 302 valence electrons. The summed E-state index contributed by atoms with van der Waals surface area (Å²) >= 11 is 0. The van der Waals surface area contributed by atoms with E-state index in [0.29, 0.717) is 17.5 Å². The largest absolute Gasteiger partial charge is 0.456 e. The molecular weight excluding hydrogens is 791 g/mol. The standard InChI is InChI=1S/C61H37N3O/c1-4-20-38(21-5-1)53-41-26-10-12-28-43(41)54(44-29-13-11-27-42(44)53)49-34-18-36-51-57(49)58-50(35-19-37-52(58)65-51)55-45-30-14-16-32-47(45)56(48-33-17-15-31-46(48)55)61-63-59(39-22-6-2-7-23-39)62-60(64-61)40-24-8-3-9-25-40/h1-37H. The smallest absolute Gasteiger partial charge is 0.165 e. The Labute approximate surface area is 374 Å². The van der Waals surface area contributed by atoms with E-state index in [1.807, 2.05) is 36.4 Å². The molecule has 0 N–H and O–H groups in total. The molecule has 13 rings (SSSR count). The van der Waals surface area contributed by atoms with Crippen molar-refractivity contribution in [3.8, 4) is 67.5 Å². The van der Waals surface area contributed by atoms with E-state index in [1.54, 1.807) is 0 Å². The maximum absolute atomic E-state index is 6.89. The Morgan fingerprint density at radius 1 is 0.231 bits per heavy atom. The van der Waals surface area contributed by atoms with Gasteiger partial charge in [-0.1, -0.05) is 212 Å². The summed E-state index contributed by atoms with van der Waals surface area (Å²) in [6.45, 7) is 0. The minimum absolute atomic E-state index is 0.628. The summed E-state index contributed by atoms with van der Waals surface area (Å²) in [7, 11) is 0. The second kappa shape index (κ2) is 15.0. The molecule has 4 nitrogen and oxygen atoms in total. The van der Waals surface area contributed by atoms with Crippen molar-refractivity contribution in [2.45, 2.75) is 0 Å². The van der Waals surface area contributed by atoms with Crippen LogP contribution in [0.1, 0.15) is 0 Å². The Morgan fingerprint density at radius 3 is 0.923 bits per heavy atom. The van der Waals surface area contributed by atoms with Crippen LogP contribution in [0.3, 0.4) is 0 Å². The van der Waals surface area contributed by atoms with Crippen molar-refractivity contribution >= 4 is 65.0 Å². The van der Waals surface area contributed by atoms with Crippen LogP contribution in [0.4, 0.5) is 0 Å². The van der Waals surface area contributed by atoms with Crippen LogP contribution in [0.15, 0.2) is 229 Å². The maximum Gasteiger partial charge on any atom is 0.165 e. The molecule has 0 aliphatic carbocycles. The van der Waals surface area contributed by atoms with Gasteiger partial charge in [0.1, 0.15) is 11.2 Å². The quantitative estimate of drug-likeness (QED) is 0.157. The zero-order valence-electron chi connectivity index (χ0n) is 35.1.